The van der Waals surface area contributed by atoms with Crippen molar-refractivity contribution >= 4 is 11.8 Å². The maximum Gasteiger partial charge on any atom is 0.251 e. The molecule has 2 amide bonds. The van der Waals surface area contributed by atoms with Crippen LogP contribution in [0.5, 0.6) is 0 Å². The van der Waals surface area contributed by atoms with E-state index in [2.05, 4.69) is 20.5 Å². The van der Waals surface area contributed by atoms with Gasteiger partial charge in [-0.05, 0) is 24.6 Å². The number of rotatable bonds is 8. The zero-order valence-corrected chi connectivity index (χ0v) is 14.9. The Bertz CT molecular complexity index is 917. The molecule has 140 valence electrons. The van der Waals surface area contributed by atoms with Gasteiger partial charge in [-0.2, -0.15) is 10.2 Å². The zero-order valence-electron chi connectivity index (χ0n) is 14.9. The Hall–Kier alpha value is -3.49. The molecule has 2 heterocycles. The summed E-state index contributed by atoms with van der Waals surface area (Å²) in [6, 6.07) is 7.21. The molecule has 1 unspecified atom stereocenters. The van der Waals surface area contributed by atoms with Crippen LogP contribution in [0.4, 0.5) is 0 Å². The molecule has 0 aliphatic rings. The van der Waals surface area contributed by atoms with Crippen LogP contribution in [0.1, 0.15) is 23.7 Å². The van der Waals surface area contributed by atoms with Gasteiger partial charge >= 0.3 is 0 Å². The highest BCUT2D eigenvalue weighted by atomic mass is 16.2. The van der Waals surface area contributed by atoms with Gasteiger partial charge in [-0.15, -0.1) is 0 Å². The van der Waals surface area contributed by atoms with Crippen LogP contribution in [-0.2, 0) is 17.9 Å². The molecule has 0 fully saturated rings. The number of primary amides is 1. The quantitative estimate of drug-likeness (QED) is 0.611. The first kappa shape index (κ1) is 18.3. The molecule has 0 spiro atoms. The first-order chi connectivity index (χ1) is 13.0. The van der Waals surface area contributed by atoms with Gasteiger partial charge in [-0.3, -0.25) is 19.0 Å². The molecule has 3 N–H and O–H groups in total. The molecular weight excluding hydrogens is 346 g/mol. The molecule has 0 radical (unpaired) electrons. The number of carbonyl (C=O) groups is 2. The van der Waals surface area contributed by atoms with Gasteiger partial charge in [-0.25, -0.2) is 4.98 Å². The molecule has 0 saturated heterocycles. The molecule has 9 nitrogen and oxygen atoms in total. The fourth-order valence-electron chi connectivity index (χ4n) is 2.66. The van der Waals surface area contributed by atoms with E-state index in [1.807, 2.05) is 31.3 Å². The Morgan fingerprint density at radius 2 is 2.07 bits per heavy atom. The molecular formula is C18H21N7O2. The number of nitrogens with two attached hydrogens (primary N) is 1. The molecule has 0 aliphatic carbocycles. The van der Waals surface area contributed by atoms with Crippen molar-refractivity contribution in [2.45, 2.75) is 32.5 Å². The number of aryl methyl sites for hydroxylation is 1. The Labute approximate surface area is 156 Å². The van der Waals surface area contributed by atoms with E-state index in [0.29, 0.717) is 18.7 Å². The topological polar surface area (TPSA) is 121 Å². The van der Waals surface area contributed by atoms with E-state index >= 15 is 0 Å². The number of aromatic nitrogens is 5. The number of carbonyl (C=O) groups excluding carboxylic acids is 2. The highest BCUT2D eigenvalue weighted by Gasteiger charge is 2.12. The Morgan fingerprint density at radius 1 is 1.22 bits per heavy atom. The molecule has 0 saturated carbocycles. The van der Waals surface area contributed by atoms with Gasteiger partial charge in [0.25, 0.3) is 5.91 Å². The van der Waals surface area contributed by atoms with Crippen molar-refractivity contribution in [3.05, 3.63) is 54.9 Å². The molecule has 27 heavy (non-hydrogen) atoms. The van der Waals surface area contributed by atoms with Crippen LogP contribution in [-0.4, -0.2) is 42.4 Å². The minimum Gasteiger partial charge on any atom is -0.370 e. The van der Waals surface area contributed by atoms with Crippen molar-refractivity contribution in [1.82, 2.24) is 29.9 Å². The molecule has 3 aromatic rings. The van der Waals surface area contributed by atoms with Gasteiger partial charge in [0.15, 0.2) is 0 Å². The van der Waals surface area contributed by atoms with Crippen LogP contribution in [0, 0.1) is 0 Å². The normalized spacial score (nSPS) is 11.9. The second-order valence-corrected chi connectivity index (χ2v) is 6.28. The predicted molar refractivity (Wildman–Crippen MR) is 98.4 cm³/mol. The summed E-state index contributed by atoms with van der Waals surface area (Å²) >= 11 is 0. The highest BCUT2D eigenvalue weighted by Crippen LogP contribution is 2.20. The first-order valence-electron chi connectivity index (χ1n) is 8.56. The molecule has 0 bridgehead atoms. The SMILES string of the molecule is CC(Cn1cncn1)NC(=O)c1cccc(-c2cnn(CCC(N)=O)c2)c1. The second kappa shape index (κ2) is 8.26. The lowest BCUT2D eigenvalue weighted by atomic mass is 10.1. The van der Waals surface area contributed by atoms with Crippen LogP contribution >= 0.6 is 0 Å². The van der Waals surface area contributed by atoms with E-state index < -0.39 is 0 Å². The minimum absolute atomic E-state index is 0.0978. The van der Waals surface area contributed by atoms with Crippen LogP contribution < -0.4 is 11.1 Å². The van der Waals surface area contributed by atoms with Crippen LogP contribution in [0.3, 0.4) is 0 Å². The second-order valence-electron chi connectivity index (χ2n) is 6.28. The van der Waals surface area contributed by atoms with Gasteiger partial charge in [0.05, 0.1) is 12.7 Å². The summed E-state index contributed by atoms with van der Waals surface area (Å²) in [6.07, 6.45) is 6.83. The number of hydrogen-bond donors (Lipinski definition) is 2. The third-order valence-electron chi connectivity index (χ3n) is 3.98. The predicted octanol–water partition coefficient (Wildman–Crippen LogP) is 0.835. The maximum atomic E-state index is 12.5. The number of amides is 2. The summed E-state index contributed by atoms with van der Waals surface area (Å²) in [4.78, 5) is 27.3. The van der Waals surface area contributed by atoms with Crippen LogP contribution in [0.25, 0.3) is 11.1 Å². The van der Waals surface area contributed by atoms with E-state index in [9.17, 15) is 9.59 Å². The van der Waals surface area contributed by atoms with Crippen molar-refractivity contribution in [3.63, 3.8) is 0 Å². The molecule has 1 aromatic carbocycles. The van der Waals surface area contributed by atoms with E-state index in [-0.39, 0.29) is 24.3 Å². The fourth-order valence-corrected chi connectivity index (χ4v) is 2.66. The summed E-state index contributed by atoms with van der Waals surface area (Å²) in [5.74, 6) is -0.531. The summed E-state index contributed by atoms with van der Waals surface area (Å²) in [5, 5.41) is 11.2. The monoisotopic (exact) mass is 367 g/mol. The largest absolute Gasteiger partial charge is 0.370 e. The lowest BCUT2D eigenvalue weighted by Crippen LogP contribution is -2.35. The summed E-state index contributed by atoms with van der Waals surface area (Å²) < 4.78 is 3.33. The Balaban J connectivity index is 1.66. The summed E-state index contributed by atoms with van der Waals surface area (Å²) in [7, 11) is 0. The standard InChI is InChI=1S/C18H21N7O2/c1-13(9-25-12-20-11-22-25)23-18(27)15-4-2-3-14(7-15)16-8-21-24(10-16)6-5-17(19)26/h2-4,7-8,10-13H,5-6,9H2,1H3,(H2,19,26)(H,23,27). The Kier molecular flexibility index (Phi) is 5.60. The average Bonchev–Trinajstić information content (AvgIpc) is 3.31. The average molecular weight is 367 g/mol. The molecule has 1 atom stereocenters. The van der Waals surface area contributed by atoms with E-state index in [1.54, 1.807) is 28.0 Å². The van der Waals surface area contributed by atoms with E-state index in [1.165, 1.54) is 6.33 Å². The Morgan fingerprint density at radius 3 is 2.81 bits per heavy atom. The number of benzene rings is 1. The van der Waals surface area contributed by atoms with E-state index in [4.69, 9.17) is 5.73 Å². The van der Waals surface area contributed by atoms with E-state index in [0.717, 1.165) is 11.1 Å². The number of hydrogen-bond acceptors (Lipinski definition) is 5. The van der Waals surface area contributed by atoms with Crippen LogP contribution in [0.15, 0.2) is 49.3 Å². The van der Waals surface area contributed by atoms with Gasteiger partial charge in [0.2, 0.25) is 5.91 Å². The summed E-state index contributed by atoms with van der Waals surface area (Å²) in [5.41, 5.74) is 7.46. The van der Waals surface area contributed by atoms with Crippen molar-refractivity contribution in [2.75, 3.05) is 0 Å². The van der Waals surface area contributed by atoms with Crippen molar-refractivity contribution in [2.24, 2.45) is 5.73 Å². The van der Waals surface area contributed by atoms with Gasteiger partial charge < -0.3 is 11.1 Å². The smallest absolute Gasteiger partial charge is 0.251 e. The molecule has 0 aliphatic heterocycles. The van der Waals surface area contributed by atoms with Gasteiger partial charge in [-0.1, -0.05) is 12.1 Å². The van der Waals surface area contributed by atoms with Gasteiger partial charge in [0, 0.05) is 36.3 Å². The summed E-state index contributed by atoms with van der Waals surface area (Å²) in [6.45, 7) is 2.87. The lowest BCUT2D eigenvalue weighted by molar-refractivity contribution is -0.118. The molecule has 2 aromatic heterocycles. The fraction of sp³-hybridized carbons (Fsp3) is 0.278. The van der Waals surface area contributed by atoms with Gasteiger partial charge in [0.1, 0.15) is 12.7 Å². The zero-order chi connectivity index (χ0) is 19.2. The first-order valence-corrected chi connectivity index (χ1v) is 8.56. The third kappa shape index (κ3) is 5.00. The lowest BCUT2D eigenvalue weighted by Gasteiger charge is -2.14. The number of nitrogens with one attached hydrogen (secondary N) is 1. The number of nitrogens with zero attached hydrogens (tertiary/aromatic N) is 5. The third-order valence-corrected chi connectivity index (χ3v) is 3.98. The van der Waals surface area contributed by atoms with Crippen molar-refractivity contribution in [3.8, 4) is 11.1 Å². The molecule has 9 heteroatoms. The minimum atomic E-state index is -0.370. The van der Waals surface area contributed by atoms with Crippen molar-refractivity contribution in [1.29, 1.82) is 0 Å². The van der Waals surface area contributed by atoms with Crippen molar-refractivity contribution < 1.29 is 9.59 Å². The maximum absolute atomic E-state index is 12.5. The highest BCUT2D eigenvalue weighted by molar-refractivity contribution is 5.95. The molecule has 3 rings (SSSR count). The van der Waals surface area contributed by atoms with Crippen LogP contribution in [0.2, 0.25) is 0 Å².